The van der Waals surface area contributed by atoms with Gasteiger partial charge in [0.1, 0.15) is 5.82 Å². The van der Waals surface area contributed by atoms with Gasteiger partial charge < -0.3 is 4.74 Å². The van der Waals surface area contributed by atoms with Crippen molar-refractivity contribution in [3.63, 3.8) is 0 Å². The molecule has 0 amide bonds. The molecule has 1 aromatic carbocycles. The largest absolute Gasteiger partial charge is 0.419 e. The molecule has 0 aromatic heterocycles. The van der Waals surface area contributed by atoms with Crippen LogP contribution in [0.2, 0.25) is 0 Å². The van der Waals surface area contributed by atoms with E-state index in [1.165, 1.54) is 13.2 Å². The molecule has 0 heterocycles. The highest BCUT2D eigenvalue weighted by molar-refractivity contribution is 5.29. The van der Waals surface area contributed by atoms with Gasteiger partial charge in [-0.25, -0.2) is 4.39 Å². The predicted octanol–water partition coefficient (Wildman–Crippen LogP) is 2.77. The topological polar surface area (TPSA) is 47.3 Å². The van der Waals surface area contributed by atoms with E-state index in [1.807, 2.05) is 6.92 Å². The van der Waals surface area contributed by atoms with Crippen molar-refractivity contribution in [2.24, 2.45) is 5.84 Å². The van der Waals surface area contributed by atoms with E-state index in [0.717, 1.165) is 6.07 Å². The van der Waals surface area contributed by atoms with Crippen LogP contribution in [0, 0.1) is 5.82 Å². The Hall–Kier alpha value is -1.18. The first-order valence-corrected chi connectivity index (χ1v) is 5.70. The number of nitrogens with one attached hydrogen (secondary N) is 1. The van der Waals surface area contributed by atoms with Crippen molar-refractivity contribution in [3.8, 4) is 0 Å². The number of benzene rings is 1. The van der Waals surface area contributed by atoms with Crippen LogP contribution in [0.4, 0.5) is 17.6 Å². The predicted molar refractivity (Wildman–Crippen MR) is 62.6 cm³/mol. The van der Waals surface area contributed by atoms with Gasteiger partial charge in [-0.15, -0.1) is 0 Å². The third-order valence-electron chi connectivity index (χ3n) is 2.91. The molecule has 0 fully saturated rings. The summed E-state index contributed by atoms with van der Waals surface area (Å²) in [6.07, 6.45) is -4.49. The number of methoxy groups -OCH3 is 1. The number of hydrogen-bond acceptors (Lipinski definition) is 3. The monoisotopic (exact) mass is 280 g/mol. The van der Waals surface area contributed by atoms with Crippen molar-refractivity contribution < 1.29 is 22.3 Å². The molecular formula is C12H16F4N2O. The normalized spacial score (nSPS) is 15.3. The van der Waals surface area contributed by atoms with Crippen LogP contribution in [-0.4, -0.2) is 13.2 Å². The van der Waals surface area contributed by atoms with Crippen LogP contribution in [0.3, 0.4) is 0 Å². The Balaban J connectivity index is 3.11. The molecule has 0 radical (unpaired) electrons. The van der Waals surface area contributed by atoms with Gasteiger partial charge >= 0.3 is 6.18 Å². The lowest BCUT2D eigenvalue weighted by Gasteiger charge is -2.25. The van der Waals surface area contributed by atoms with Crippen molar-refractivity contribution in [3.05, 3.63) is 35.1 Å². The zero-order chi connectivity index (χ0) is 14.6. The minimum atomic E-state index is -4.71. The summed E-state index contributed by atoms with van der Waals surface area (Å²) in [7, 11) is 1.46. The van der Waals surface area contributed by atoms with E-state index in [-0.39, 0.29) is 6.10 Å². The van der Waals surface area contributed by atoms with Gasteiger partial charge in [0.2, 0.25) is 0 Å². The maximum Gasteiger partial charge on any atom is 0.419 e. The molecule has 19 heavy (non-hydrogen) atoms. The molecule has 0 aliphatic rings. The lowest BCUT2D eigenvalue weighted by molar-refractivity contribution is -0.140. The van der Waals surface area contributed by atoms with Gasteiger partial charge in [-0.3, -0.25) is 11.3 Å². The first-order valence-electron chi connectivity index (χ1n) is 5.70. The van der Waals surface area contributed by atoms with Gasteiger partial charge in [0.15, 0.2) is 0 Å². The summed E-state index contributed by atoms with van der Waals surface area (Å²) in [6, 6.07) is 2.15. The van der Waals surface area contributed by atoms with Gasteiger partial charge in [-0.1, -0.05) is 13.0 Å². The summed E-state index contributed by atoms with van der Waals surface area (Å²) in [5.74, 6) is 4.03. The SMILES string of the molecule is CCC(OC)C(NN)c1ccc(C(F)(F)F)c(F)c1. The summed E-state index contributed by atoms with van der Waals surface area (Å²) in [4.78, 5) is 0. The highest BCUT2D eigenvalue weighted by atomic mass is 19.4. The zero-order valence-corrected chi connectivity index (χ0v) is 10.6. The van der Waals surface area contributed by atoms with Gasteiger partial charge in [-0.2, -0.15) is 13.2 Å². The van der Waals surface area contributed by atoms with Crippen LogP contribution >= 0.6 is 0 Å². The maximum atomic E-state index is 13.5. The Morgan fingerprint density at radius 1 is 1.37 bits per heavy atom. The molecule has 0 bridgehead atoms. The number of hydrazine groups is 1. The minimum absolute atomic E-state index is 0.307. The van der Waals surface area contributed by atoms with Crippen molar-refractivity contribution >= 4 is 0 Å². The Morgan fingerprint density at radius 3 is 2.37 bits per heavy atom. The number of hydrogen-bond donors (Lipinski definition) is 2. The third kappa shape index (κ3) is 3.65. The third-order valence-corrected chi connectivity index (χ3v) is 2.91. The first-order chi connectivity index (χ1) is 8.85. The molecule has 0 spiro atoms. The summed E-state index contributed by atoms with van der Waals surface area (Å²) >= 11 is 0. The smallest absolute Gasteiger partial charge is 0.379 e. The molecular weight excluding hydrogens is 264 g/mol. The molecule has 0 aliphatic carbocycles. The quantitative estimate of drug-likeness (QED) is 0.495. The fraction of sp³-hybridized carbons (Fsp3) is 0.500. The number of alkyl halides is 3. The molecule has 3 N–H and O–H groups in total. The molecule has 108 valence electrons. The fourth-order valence-electron chi connectivity index (χ4n) is 1.91. The molecule has 7 heteroatoms. The highest BCUT2D eigenvalue weighted by Crippen LogP contribution is 2.33. The lowest BCUT2D eigenvalue weighted by Crippen LogP contribution is -2.37. The van der Waals surface area contributed by atoms with Crippen LogP contribution in [0.5, 0.6) is 0 Å². The van der Waals surface area contributed by atoms with Gasteiger partial charge in [0.05, 0.1) is 17.7 Å². The summed E-state index contributed by atoms with van der Waals surface area (Å²) in [5.41, 5.74) is 1.45. The van der Waals surface area contributed by atoms with Crippen LogP contribution in [-0.2, 0) is 10.9 Å². The second kappa shape index (κ2) is 6.31. The van der Waals surface area contributed by atoms with Crippen LogP contribution < -0.4 is 11.3 Å². The summed E-state index contributed by atoms with van der Waals surface area (Å²) in [6.45, 7) is 1.83. The van der Waals surface area contributed by atoms with Crippen LogP contribution in [0.1, 0.15) is 30.5 Å². The van der Waals surface area contributed by atoms with Crippen molar-refractivity contribution in [1.82, 2.24) is 5.43 Å². The van der Waals surface area contributed by atoms with E-state index in [2.05, 4.69) is 5.43 Å². The van der Waals surface area contributed by atoms with E-state index in [9.17, 15) is 17.6 Å². The molecule has 0 saturated heterocycles. The highest BCUT2D eigenvalue weighted by Gasteiger charge is 2.34. The molecule has 0 aliphatic heterocycles. The van der Waals surface area contributed by atoms with Crippen molar-refractivity contribution in [2.75, 3.05) is 7.11 Å². The Kier molecular flexibility index (Phi) is 5.28. The second-order valence-electron chi connectivity index (χ2n) is 4.06. The number of nitrogens with two attached hydrogens (primary N) is 1. The molecule has 3 nitrogen and oxygen atoms in total. The van der Waals surface area contributed by atoms with Gasteiger partial charge in [-0.05, 0) is 24.1 Å². The van der Waals surface area contributed by atoms with E-state index in [1.54, 1.807) is 0 Å². The number of halogens is 4. The maximum absolute atomic E-state index is 13.5. The van der Waals surface area contributed by atoms with E-state index in [0.29, 0.717) is 18.1 Å². The Labute approximate surface area is 108 Å². The van der Waals surface area contributed by atoms with Gasteiger partial charge in [0.25, 0.3) is 0 Å². The number of ether oxygens (including phenoxy) is 1. The zero-order valence-electron chi connectivity index (χ0n) is 10.6. The Bertz CT molecular complexity index is 419. The Morgan fingerprint density at radius 2 is 2.00 bits per heavy atom. The summed E-state index contributed by atoms with van der Waals surface area (Å²) in [5, 5.41) is 0. The second-order valence-corrected chi connectivity index (χ2v) is 4.06. The molecule has 2 atom stereocenters. The van der Waals surface area contributed by atoms with E-state index < -0.39 is 23.6 Å². The average Bonchev–Trinajstić information content (AvgIpc) is 2.34. The van der Waals surface area contributed by atoms with Crippen molar-refractivity contribution in [2.45, 2.75) is 31.7 Å². The van der Waals surface area contributed by atoms with E-state index >= 15 is 0 Å². The van der Waals surface area contributed by atoms with Crippen LogP contribution in [0.15, 0.2) is 18.2 Å². The minimum Gasteiger partial charge on any atom is -0.379 e. The summed E-state index contributed by atoms with van der Waals surface area (Å²) < 4.78 is 56.0. The molecule has 2 unspecified atom stereocenters. The van der Waals surface area contributed by atoms with Crippen molar-refractivity contribution in [1.29, 1.82) is 0 Å². The van der Waals surface area contributed by atoms with Gasteiger partial charge in [0, 0.05) is 7.11 Å². The van der Waals surface area contributed by atoms with Crippen LogP contribution in [0.25, 0.3) is 0 Å². The molecule has 1 rings (SSSR count). The first kappa shape index (κ1) is 15.9. The fourth-order valence-corrected chi connectivity index (χ4v) is 1.91. The molecule has 1 aromatic rings. The van der Waals surface area contributed by atoms with E-state index in [4.69, 9.17) is 10.6 Å². The average molecular weight is 280 g/mol. The molecule has 0 saturated carbocycles. The standard InChI is InChI=1S/C12H16F4N2O/c1-3-10(19-2)11(18-17)7-4-5-8(9(13)6-7)12(14,15)16/h4-6,10-11,18H,3,17H2,1-2H3. The number of rotatable bonds is 5. The lowest BCUT2D eigenvalue weighted by atomic mass is 9.98.